The highest BCUT2D eigenvalue weighted by Gasteiger charge is 2.30. The van der Waals surface area contributed by atoms with Gasteiger partial charge in [0.2, 0.25) is 0 Å². The molecular weight excluding hydrogens is 212 g/mol. The van der Waals surface area contributed by atoms with Crippen molar-refractivity contribution in [2.75, 3.05) is 13.7 Å². The second-order valence-corrected chi connectivity index (χ2v) is 6.39. The summed E-state index contributed by atoms with van der Waals surface area (Å²) in [7, 11) is 1.77. The SMILES string of the molecule is CCOC(OC)C1CCCC(C(C)(C)C)CC1. The monoisotopic (exact) mass is 242 g/mol. The summed E-state index contributed by atoms with van der Waals surface area (Å²) in [6.45, 7) is 9.90. The smallest absolute Gasteiger partial charge is 0.159 e. The summed E-state index contributed by atoms with van der Waals surface area (Å²) in [4.78, 5) is 0. The number of rotatable bonds is 4. The largest absolute Gasteiger partial charge is 0.356 e. The minimum Gasteiger partial charge on any atom is -0.356 e. The highest BCUT2D eigenvalue weighted by molar-refractivity contribution is 4.79. The molecule has 1 fully saturated rings. The Morgan fingerprint density at radius 1 is 1.12 bits per heavy atom. The molecule has 0 aliphatic heterocycles. The number of ether oxygens (including phenoxy) is 2. The fourth-order valence-electron chi connectivity index (χ4n) is 3.03. The molecule has 0 saturated heterocycles. The van der Waals surface area contributed by atoms with Crippen LogP contribution in [-0.2, 0) is 9.47 Å². The van der Waals surface area contributed by atoms with Crippen molar-refractivity contribution in [2.45, 2.75) is 66.1 Å². The normalized spacial score (nSPS) is 28.8. The lowest BCUT2D eigenvalue weighted by molar-refractivity contribution is -0.155. The second kappa shape index (κ2) is 6.75. The zero-order chi connectivity index (χ0) is 12.9. The van der Waals surface area contributed by atoms with Gasteiger partial charge in [0.25, 0.3) is 0 Å². The highest BCUT2D eigenvalue weighted by Crippen LogP contribution is 2.39. The van der Waals surface area contributed by atoms with Gasteiger partial charge in [-0.2, -0.15) is 0 Å². The van der Waals surface area contributed by atoms with Crippen molar-refractivity contribution >= 4 is 0 Å². The molecule has 0 bridgehead atoms. The molecule has 2 heteroatoms. The zero-order valence-corrected chi connectivity index (χ0v) is 12.3. The lowest BCUT2D eigenvalue weighted by atomic mass is 9.76. The molecule has 0 aromatic heterocycles. The van der Waals surface area contributed by atoms with E-state index < -0.39 is 0 Å². The van der Waals surface area contributed by atoms with Crippen LogP contribution in [-0.4, -0.2) is 20.0 Å². The van der Waals surface area contributed by atoms with E-state index in [-0.39, 0.29) is 6.29 Å². The standard InChI is InChI=1S/C15H30O2/c1-6-17-14(16-5)12-8-7-9-13(11-10-12)15(2,3)4/h12-14H,6-11H2,1-5H3. The molecule has 0 radical (unpaired) electrons. The van der Waals surface area contributed by atoms with Crippen LogP contribution in [0.2, 0.25) is 0 Å². The highest BCUT2D eigenvalue weighted by atomic mass is 16.7. The van der Waals surface area contributed by atoms with Crippen LogP contribution >= 0.6 is 0 Å². The topological polar surface area (TPSA) is 18.5 Å². The van der Waals surface area contributed by atoms with Crippen molar-refractivity contribution in [1.82, 2.24) is 0 Å². The predicted molar refractivity (Wildman–Crippen MR) is 71.9 cm³/mol. The minimum atomic E-state index is 0.0127. The van der Waals surface area contributed by atoms with E-state index in [1.165, 1.54) is 32.1 Å². The van der Waals surface area contributed by atoms with Gasteiger partial charge >= 0.3 is 0 Å². The fraction of sp³-hybridized carbons (Fsp3) is 1.00. The fourth-order valence-corrected chi connectivity index (χ4v) is 3.03. The molecular formula is C15H30O2. The van der Waals surface area contributed by atoms with Gasteiger partial charge in [-0.15, -0.1) is 0 Å². The Hall–Kier alpha value is -0.0800. The third-order valence-electron chi connectivity index (χ3n) is 4.19. The van der Waals surface area contributed by atoms with Gasteiger partial charge in [0.05, 0.1) is 0 Å². The lowest BCUT2D eigenvalue weighted by Gasteiger charge is -2.30. The van der Waals surface area contributed by atoms with Gasteiger partial charge in [-0.3, -0.25) is 0 Å². The summed E-state index contributed by atoms with van der Waals surface area (Å²) >= 11 is 0. The first-order valence-corrected chi connectivity index (χ1v) is 7.13. The Bertz CT molecular complexity index is 207. The van der Waals surface area contributed by atoms with E-state index >= 15 is 0 Å². The summed E-state index contributed by atoms with van der Waals surface area (Å²) in [5.41, 5.74) is 0.447. The van der Waals surface area contributed by atoms with E-state index in [2.05, 4.69) is 20.8 Å². The van der Waals surface area contributed by atoms with Crippen molar-refractivity contribution < 1.29 is 9.47 Å². The molecule has 1 aliphatic rings. The molecule has 0 aromatic rings. The number of methoxy groups -OCH3 is 1. The van der Waals surface area contributed by atoms with Crippen molar-refractivity contribution in [3.63, 3.8) is 0 Å². The van der Waals surface area contributed by atoms with Crippen molar-refractivity contribution in [1.29, 1.82) is 0 Å². The summed E-state index contributed by atoms with van der Waals surface area (Å²) in [6.07, 6.45) is 6.52. The maximum Gasteiger partial charge on any atom is 0.159 e. The van der Waals surface area contributed by atoms with Crippen molar-refractivity contribution in [2.24, 2.45) is 17.3 Å². The summed E-state index contributed by atoms with van der Waals surface area (Å²) in [6, 6.07) is 0. The van der Waals surface area contributed by atoms with E-state index in [4.69, 9.17) is 9.47 Å². The molecule has 0 spiro atoms. The van der Waals surface area contributed by atoms with E-state index in [0.717, 1.165) is 12.5 Å². The van der Waals surface area contributed by atoms with Crippen LogP contribution < -0.4 is 0 Å². The second-order valence-electron chi connectivity index (χ2n) is 6.39. The summed E-state index contributed by atoms with van der Waals surface area (Å²) in [5, 5.41) is 0. The van der Waals surface area contributed by atoms with Crippen LogP contribution in [0.3, 0.4) is 0 Å². The van der Waals surface area contributed by atoms with Crippen molar-refractivity contribution in [3.05, 3.63) is 0 Å². The molecule has 2 nitrogen and oxygen atoms in total. The third kappa shape index (κ3) is 4.59. The molecule has 0 aromatic carbocycles. The predicted octanol–water partition coefficient (Wildman–Crippen LogP) is 4.24. The van der Waals surface area contributed by atoms with Crippen LogP contribution in [0.4, 0.5) is 0 Å². The summed E-state index contributed by atoms with van der Waals surface area (Å²) in [5.74, 6) is 1.44. The van der Waals surface area contributed by atoms with Crippen molar-refractivity contribution in [3.8, 4) is 0 Å². The Balaban J connectivity index is 2.52. The van der Waals surface area contributed by atoms with E-state index in [0.29, 0.717) is 11.3 Å². The van der Waals surface area contributed by atoms with Gasteiger partial charge < -0.3 is 9.47 Å². The third-order valence-corrected chi connectivity index (χ3v) is 4.19. The molecule has 3 unspecified atom stereocenters. The molecule has 1 saturated carbocycles. The van der Waals surface area contributed by atoms with E-state index in [9.17, 15) is 0 Å². The van der Waals surface area contributed by atoms with Crippen LogP contribution in [0.25, 0.3) is 0 Å². The minimum absolute atomic E-state index is 0.0127. The molecule has 17 heavy (non-hydrogen) atoms. The Labute approximate surface area is 107 Å². The molecule has 0 heterocycles. The first kappa shape index (κ1) is 15.0. The Kier molecular flexibility index (Phi) is 5.94. The van der Waals surface area contributed by atoms with Gasteiger partial charge in [0.1, 0.15) is 0 Å². The van der Waals surface area contributed by atoms with Crippen LogP contribution in [0.1, 0.15) is 59.8 Å². The quantitative estimate of drug-likeness (QED) is 0.542. The average molecular weight is 242 g/mol. The first-order chi connectivity index (χ1) is 7.99. The molecule has 102 valence electrons. The van der Waals surface area contributed by atoms with Gasteiger partial charge in [-0.05, 0) is 43.9 Å². The number of hydrogen-bond acceptors (Lipinski definition) is 2. The van der Waals surface area contributed by atoms with Crippen LogP contribution in [0.5, 0.6) is 0 Å². The Morgan fingerprint density at radius 2 is 1.82 bits per heavy atom. The van der Waals surface area contributed by atoms with E-state index in [1.54, 1.807) is 7.11 Å². The molecule has 0 amide bonds. The molecule has 1 rings (SSSR count). The van der Waals surface area contributed by atoms with Gasteiger partial charge in [0.15, 0.2) is 6.29 Å². The zero-order valence-electron chi connectivity index (χ0n) is 12.3. The molecule has 0 N–H and O–H groups in total. The molecule has 1 aliphatic carbocycles. The van der Waals surface area contributed by atoms with Crippen LogP contribution in [0.15, 0.2) is 0 Å². The maximum absolute atomic E-state index is 5.68. The summed E-state index contributed by atoms with van der Waals surface area (Å²) < 4.78 is 11.2. The maximum atomic E-state index is 5.68. The lowest BCUT2D eigenvalue weighted by Crippen LogP contribution is -2.26. The van der Waals surface area contributed by atoms with Gasteiger partial charge in [-0.1, -0.05) is 27.2 Å². The first-order valence-electron chi connectivity index (χ1n) is 7.13. The number of hydrogen-bond donors (Lipinski definition) is 0. The Morgan fingerprint density at radius 3 is 2.35 bits per heavy atom. The van der Waals surface area contributed by atoms with Gasteiger partial charge in [0, 0.05) is 19.6 Å². The van der Waals surface area contributed by atoms with E-state index in [1.807, 2.05) is 6.92 Å². The van der Waals surface area contributed by atoms with Crippen LogP contribution in [0, 0.1) is 17.3 Å². The molecule has 3 atom stereocenters. The average Bonchev–Trinajstić information content (AvgIpc) is 2.50. The van der Waals surface area contributed by atoms with Gasteiger partial charge in [-0.25, -0.2) is 0 Å².